The van der Waals surface area contributed by atoms with Crippen LogP contribution in [0.1, 0.15) is 0 Å². The van der Waals surface area contributed by atoms with Gasteiger partial charge in [-0.15, -0.1) is 0 Å². The van der Waals surface area contributed by atoms with Crippen LogP contribution in [-0.4, -0.2) is 16.9 Å². The molecule has 0 radical (unpaired) electrons. The van der Waals surface area contributed by atoms with Gasteiger partial charge in [0.2, 0.25) is 0 Å². The third-order valence-corrected chi connectivity index (χ3v) is 2.91. The molecule has 0 aliphatic rings. The van der Waals surface area contributed by atoms with Crippen molar-refractivity contribution in [2.75, 3.05) is 7.11 Å². The van der Waals surface area contributed by atoms with Gasteiger partial charge < -0.3 is 9.47 Å². The average molecular weight is 284 g/mol. The normalized spacial score (nSPS) is 10.4. The fourth-order valence-corrected chi connectivity index (χ4v) is 1.92. The predicted molar refractivity (Wildman–Crippen MR) is 76.6 cm³/mol. The largest absolute Gasteiger partial charge is 0.497 e. The number of hydrogen-bond acceptors (Lipinski definition) is 3. The molecule has 4 nitrogen and oxygen atoms in total. The summed E-state index contributed by atoms with van der Waals surface area (Å²) >= 11 is 0. The Morgan fingerprint density at radius 2 is 1.81 bits per heavy atom. The number of ether oxygens (including phenoxy) is 2. The van der Waals surface area contributed by atoms with Gasteiger partial charge in [0.1, 0.15) is 17.3 Å². The Morgan fingerprint density at radius 1 is 1.00 bits per heavy atom. The first-order chi connectivity index (χ1) is 10.2. The van der Waals surface area contributed by atoms with Gasteiger partial charge in [-0.3, -0.25) is 0 Å². The minimum atomic E-state index is -0.340. The van der Waals surface area contributed by atoms with E-state index >= 15 is 0 Å². The van der Waals surface area contributed by atoms with Gasteiger partial charge in [0.15, 0.2) is 5.75 Å². The van der Waals surface area contributed by atoms with Crippen LogP contribution in [0.15, 0.2) is 60.9 Å². The minimum Gasteiger partial charge on any atom is -0.497 e. The maximum absolute atomic E-state index is 13.1. The Labute approximate surface area is 121 Å². The molecule has 2 aromatic carbocycles. The lowest BCUT2D eigenvalue weighted by atomic mass is 10.3. The van der Waals surface area contributed by atoms with Crippen molar-refractivity contribution >= 4 is 0 Å². The summed E-state index contributed by atoms with van der Waals surface area (Å²) in [6.45, 7) is 0. The van der Waals surface area contributed by atoms with Crippen LogP contribution >= 0.6 is 0 Å². The van der Waals surface area contributed by atoms with Gasteiger partial charge in [-0.25, -0.2) is 9.07 Å². The molecule has 3 aromatic rings. The monoisotopic (exact) mass is 284 g/mol. The van der Waals surface area contributed by atoms with Gasteiger partial charge in [-0.1, -0.05) is 12.1 Å². The number of methoxy groups -OCH3 is 1. The zero-order valence-corrected chi connectivity index (χ0v) is 11.4. The number of hydrogen-bond donors (Lipinski definition) is 0. The Balaban J connectivity index is 1.82. The molecule has 5 heteroatoms. The second kappa shape index (κ2) is 5.66. The number of benzene rings is 2. The van der Waals surface area contributed by atoms with Gasteiger partial charge in [-0.2, -0.15) is 5.10 Å². The quantitative estimate of drug-likeness (QED) is 0.731. The first kappa shape index (κ1) is 13.2. The fourth-order valence-electron chi connectivity index (χ4n) is 1.92. The molecule has 0 atom stereocenters. The van der Waals surface area contributed by atoms with Gasteiger partial charge >= 0.3 is 0 Å². The van der Waals surface area contributed by atoms with Crippen LogP contribution in [0.2, 0.25) is 0 Å². The van der Waals surface area contributed by atoms with Crippen LogP contribution in [0.25, 0.3) is 5.69 Å². The zero-order valence-electron chi connectivity index (χ0n) is 11.4. The Hall–Kier alpha value is -2.82. The summed E-state index contributed by atoms with van der Waals surface area (Å²) < 4.78 is 25.5. The highest BCUT2D eigenvalue weighted by molar-refractivity contribution is 5.40. The molecular formula is C16H13FN2O2. The number of rotatable bonds is 4. The SMILES string of the molecule is COc1cccc(-n2cc(Oc3cccc(F)c3)cn2)c1. The van der Waals surface area contributed by atoms with E-state index in [9.17, 15) is 4.39 Å². The van der Waals surface area contributed by atoms with Crippen LogP contribution in [0.5, 0.6) is 17.2 Å². The van der Waals surface area contributed by atoms with E-state index in [1.54, 1.807) is 36.3 Å². The average Bonchev–Trinajstić information content (AvgIpc) is 2.96. The number of aromatic nitrogens is 2. The Bertz CT molecular complexity index is 755. The summed E-state index contributed by atoms with van der Waals surface area (Å²) in [5.41, 5.74) is 0.850. The van der Waals surface area contributed by atoms with Crippen LogP contribution in [0.4, 0.5) is 4.39 Å². The van der Waals surface area contributed by atoms with E-state index in [1.165, 1.54) is 12.1 Å². The van der Waals surface area contributed by atoms with E-state index in [-0.39, 0.29) is 5.82 Å². The number of halogens is 1. The van der Waals surface area contributed by atoms with Crippen molar-refractivity contribution in [2.45, 2.75) is 0 Å². The maximum atomic E-state index is 13.1. The molecule has 106 valence electrons. The molecule has 0 saturated heterocycles. The lowest BCUT2D eigenvalue weighted by Crippen LogP contribution is -1.94. The molecule has 21 heavy (non-hydrogen) atoms. The van der Waals surface area contributed by atoms with E-state index in [4.69, 9.17) is 9.47 Å². The van der Waals surface area contributed by atoms with Crippen molar-refractivity contribution in [3.63, 3.8) is 0 Å². The molecule has 1 heterocycles. The maximum Gasteiger partial charge on any atom is 0.165 e. The van der Waals surface area contributed by atoms with E-state index < -0.39 is 0 Å². The van der Waals surface area contributed by atoms with Crippen LogP contribution in [-0.2, 0) is 0 Å². The molecule has 1 aromatic heterocycles. The molecule has 0 bridgehead atoms. The predicted octanol–water partition coefficient (Wildman–Crippen LogP) is 3.81. The van der Waals surface area contributed by atoms with Gasteiger partial charge in [0, 0.05) is 12.1 Å². The van der Waals surface area contributed by atoms with Crippen molar-refractivity contribution in [3.8, 4) is 22.9 Å². The van der Waals surface area contributed by atoms with E-state index in [0.29, 0.717) is 11.5 Å². The highest BCUT2D eigenvalue weighted by Gasteiger charge is 2.05. The van der Waals surface area contributed by atoms with Crippen LogP contribution in [0.3, 0.4) is 0 Å². The van der Waals surface area contributed by atoms with Crippen molar-refractivity contribution in [1.29, 1.82) is 0 Å². The molecule has 3 rings (SSSR count). The number of nitrogens with zero attached hydrogens (tertiary/aromatic N) is 2. The summed E-state index contributed by atoms with van der Waals surface area (Å²) in [7, 11) is 1.61. The first-order valence-electron chi connectivity index (χ1n) is 6.37. The zero-order chi connectivity index (χ0) is 14.7. The van der Waals surface area contributed by atoms with E-state index in [1.807, 2.05) is 24.3 Å². The summed E-state index contributed by atoms with van der Waals surface area (Å²) in [4.78, 5) is 0. The van der Waals surface area contributed by atoms with Crippen molar-refractivity contribution in [2.24, 2.45) is 0 Å². The van der Waals surface area contributed by atoms with Crippen molar-refractivity contribution < 1.29 is 13.9 Å². The lowest BCUT2D eigenvalue weighted by molar-refractivity contribution is 0.414. The van der Waals surface area contributed by atoms with Gasteiger partial charge in [-0.05, 0) is 24.3 Å². The summed E-state index contributed by atoms with van der Waals surface area (Å²) in [6, 6.07) is 13.5. The summed E-state index contributed by atoms with van der Waals surface area (Å²) in [5, 5.41) is 4.22. The fraction of sp³-hybridized carbons (Fsp3) is 0.0625. The third-order valence-electron chi connectivity index (χ3n) is 2.91. The minimum absolute atomic E-state index is 0.340. The standard InChI is InChI=1S/C16H13FN2O2/c1-20-14-6-3-5-13(9-14)19-11-16(10-18-19)21-15-7-2-4-12(17)8-15/h2-11H,1H3. The second-order valence-corrected chi connectivity index (χ2v) is 4.38. The van der Waals surface area contributed by atoms with Crippen LogP contribution in [0, 0.1) is 5.82 Å². The van der Waals surface area contributed by atoms with Crippen molar-refractivity contribution in [1.82, 2.24) is 9.78 Å². The van der Waals surface area contributed by atoms with Gasteiger partial charge in [0.25, 0.3) is 0 Å². The third kappa shape index (κ3) is 3.02. The highest BCUT2D eigenvalue weighted by Crippen LogP contribution is 2.23. The van der Waals surface area contributed by atoms with E-state index in [2.05, 4.69) is 5.10 Å². The topological polar surface area (TPSA) is 36.3 Å². The molecule has 0 aliphatic carbocycles. The smallest absolute Gasteiger partial charge is 0.165 e. The molecule has 0 fully saturated rings. The molecular weight excluding hydrogens is 271 g/mol. The second-order valence-electron chi connectivity index (χ2n) is 4.38. The highest BCUT2D eigenvalue weighted by atomic mass is 19.1. The van der Waals surface area contributed by atoms with Crippen molar-refractivity contribution in [3.05, 3.63) is 66.7 Å². The van der Waals surface area contributed by atoms with Gasteiger partial charge in [0.05, 0.1) is 25.2 Å². The summed E-state index contributed by atoms with van der Waals surface area (Å²) in [5.74, 6) is 1.37. The van der Waals surface area contributed by atoms with E-state index in [0.717, 1.165) is 11.4 Å². The molecule has 0 spiro atoms. The van der Waals surface area contributed by atoms with Crippen LogP contribution < -0.4 is 9.47 Å². The molecule has 0 aliphatic heterocycles. The Kier molecular flexibility index (Phi) is 3.55. The first-order valence-corrected chi connectivity index (χ1v) is 6.37. The summed E-state index contributed by atoms with van der Waals surface area (Å²) in [6.07, 6.45) is 3.30. The molecule has 0 N–H and O–H groups in total. The molecule has 0 saturated carbocycles. The lowest BCUT2D eigenvalue weighted by Gasteiger charge is -2.04. The molecule has 0 unspecified atom stereocenters. The molecule has 0 amide bonds. The Morgan fingerprint density at radius 3 is 2.62 bits per heavy atom.